The van der Waals surface area contributed by atoms with E-state index in [1.165, 1.54) is 24.3 Å². The minimum Gasteiger partial charge on any atom is -0.293 e. The van der Waals surface area contributed by atoms with E-state index in [9.17, 15) is 18.0 Å². The predicted octanol–water partition coefficient (Wildman–Crippen LogP) is 2.64. The Kier molecular flexibility index (Phi) is 2.70. The van der Waals surface area contributed by atoms with Crippen molar-refractivity contribution in [1.82, 2.24) is 0 Å². The predicted molar refractivity (Wildman–Crippen MR) is 41.1 cm³/mol. The van der Waals surface area contributed by atoms with Gasteiger partial charge in [0.15, 0.2) is 5.78 Å². The van der Waals surface area contributed by atoms with E-state index < -0.39 is 12.0 Å². The van der Waals surface area contributed by atoms with E-state index in [-0.39, 0.29) is 12.0 Å². The van der Waals surface area contributed by atoms with Crippen LogP contribution in [0.4, 0.5) is 13.2 Å². The van der Waals surface area contributed by atoms with Crippen molar-refractivity contribution in [2.24, 2.45) is 0 Å². The summed E-state index contributed by atoms with van der Waals surface area (Å²) in [7, 11) is 0. The van der Waals surface area contributed by atoms with E-state index in [1.54, 1.807) is 6.07 Å². The zero-order valence-electron chi connectivity index (χ0n) is 6.51. The molecular weight excluding hydrogens is 181 g/mol. The molecule has 0 atom stereocenters. The van der Waals surface area contributed by atoms with Crippen molar-refractivity contribution in [3.63, 3.8) is 0 Å². The van der Waals surface area contributed by atoms with E-state index in [0.29, 0.717) is 0 Å². The summed E-state index contributed by atoms with van der Waals surface area (Å²) in [5.41, 5.74) is 0.0415. The summed E-state index contributed by atoms with van der Waals surface area (Å²) in [6, 6.07) is 7.33. The van der Waals surface area contributed by atoms with Crippen molar-refractivity contribution in [1.29, 1.82) is 0 Å². The van der Waals surface area contributed by atoms with Crippen LogP contribution in [0, 0.1) is 6.42 Å². The molecule has 4 heteroatoms. The monoisotopic (exact) mass is 187 g/mol. The average Bonchev–Trinajstić information content (AvgIpc) is 2.03. The minimum atomic E-state index is -4.55. The highest BCUT2D eigenvalue weighted by molar-refractivity contribution is 6.02. The Labute approximate surface area is 73.2 Å². The van der Waals surface area contributed by atoms with Gasteiger partial charge in [0.2, 0.25) is 0 Å². The molecule has 0 saturated carbocycles. The molecular formula is C9H6F3O. The fraction of sp³-hybridized carbons (Fsp3) is 0.111. The van der Waals surface area contributed by atoms with Crippen molar-refractivity contribution in [2.75, 3.05) is 0 Å². The molecule has 0 aliphatic carbocycles. The zero-order valence-corrected chi connectivity index (χ0v) is 6.51. The smallest absolute Gasteiger partial charge is 0.293 e. The van der Waals surface area contributed by atoms with Gasteiger partial charge in [0, 0.05) is 5.56 Å². The third-order valence-electron chi connectivity index (χ3n) is 1.35. The molecule has 1 rings (SSSR count). The number of alkyl halides is 3. The molecule has 0 unspecified atom stereocenters. The van der Waals surface area contributed by atoms with Crippen LogP contribution in [-0.2, 0) is 0 Å². The molecule has 0 saturated heterocycles. The Morgan fingerprint density at radius 1 is 1.15 bits per heavy atom. The van der Waals surface area contributed by atoms with Gasteiger partial charge in [-0.25, -0.2) is 0 Å². The van der Waals surface area contributed by atoms with E-state index in [4.69, 9.17) is 0 Å². The van der Waals surface area contributed by atoms with E-state index >= 15 is 0 Å². The fourth-order valence-electron chi connectivity index (χ4n) is 0.834. The van der Waals surface area contributed by atoms with Crippen molar-refractivity contribution >= 4 is 5.78 Å². The van der Waals surface area contributed by atoms with E-state index in [0.717, 1.165) is 0 Å². The summed E-state index contributed by atoms with van der Waals surface area (Å²) in [5.74, 6) is -1.02. The highest BCUT2D eigenvalue weighted by Crippen LogP contribution is 2.20. The number of halogens is 3. The lowest BCUT2D eigenvalue weighted by Gasteiger charge is -2.03. The first kappa shape index (κ1) is 9.77. The molecule has 13 heavy (non-hydrogen) atoms. The standard InChI is InChI=1S/C9H6F3O/c10-9(11,12)6-8(13)7-4-2-1-3-5-7/h1-6H. The summed E-state index contributed by atoms with van der Waals surface area (Å²) in [4.78, 5) is 10.9. The van der Waals surface area contributed by atoms with Crippen molar-refractivity contribution < 1.29 is 18.0 Å². The second kappa shape index (κ2) is 3.60. The normalized spacial score (nSPS) is 11.3. The van der Waals surface area contributed by atoms with Crippen LogP contribution in [0.1, 0.15) is 10.4 Å². The lowest BCUT2D eigenvalue weighted by Crippen LogP contribution is -2.16. The Balaban J connectivity index is 2.71. The molecule has 1 aromatic rings. The first-order chi connectivity index (χ1) is 5.99. The van der Waals surface area contributed by atoms with Crippen LogP contribution >= 0.6 is 0 Å². The molecule has 0 aliphatic heterocycles. The molecule has 1 nitrogen and oxygen atoms in total. The van der Waals surface area contributed by atoms with Crippen molar-refractivity contribution in [2.45, 2.75) is 6.18 Å². The summed E-state index contributed by atoms with van der Waals surface area (Å²) >= 11 is 0. The first-order valence-electron chi connectivity index (χ1n) is 3.51. The Morgan fingerprint density at radius 2 is 1.69 bits per heavy atom. The highest BCUT2D eigenvalue weighted by atomic mass is 19.4. The summed E-state index contributed by atoms with van der Waals surface area (Å²) in [6.45, 7) is 0. The van der Waals surface area contributed by atoms with Gasteiger partial charge >= 0.3 is 6.18 Å². The molecule has 0 bridgehead atoms. The van der Waals surface area contributed by atoms with Gasteiger partial charge < -0.3 is 0 Å². The van der Waals surface area contributed by atoms with Gasteiger partial charge in [-0.3, -0.25) is 4.79 Å². The Bertz CT molecular complexity index is 289. The second-order valence-corrected chi connectivity index (χ2v) is 2.42. The van der Waals surface area contributed by atoms with Crippen LogP contribution in [-0.4, -0.2) is 12.0 Å². The zero-order chi connectivity index (χ0) is 9.90. The van der Waals surface area contributed by atoms with E-state index in [2.05, 4.69) is 0 Å². The Hall–Kier alpha value is -1.32. The van der Waals surface area contributed by atoms with Crippen LogP contribution in [0.5, 0.6) is 0 Å². The number of hydrogen-bond donors (Lipinski definition) is 0. The Morgan fingerprint density at radius 3 is 2.15 bits per heavy atom. The molecule has 0 aliphatic rings. The first-order valence-corrected chi connectivity index (χ1v) is 3.51. The van der Waals surface area contributed by atoms with Gasteiger partial charge in [0.1, 0.15) is 6.42 Å². The van der Waals surface area contributed by atoms with Crippen LogP contribution in [0.15, 0.2) is 30.3 Å². The molecule has 0 spiro atoms. The summed E-state index contributed by atoms with van der Waals surface area (Å²) < 4.78 is 35.1. The van der Waals surface area contributed by atoms with Gasteiger partial charge in [-0.05, 0) is 0 Å². The SMILES string of the molecule is O=C([CH]C(F)(F)F)c1ccccc1. The van der Waals surface area contributed by atoms with Crippen LogP contribution < -0.4 is 0 Å². The molecule has 0 amide bonds. The van der Waals surface area contributed by atoms with Crippen molar-refractivity contribution in [3.05, 3.63) is 42.3 Å². The molecule has 0 N–H and O–H groups in total. The van der Waals surface area contributed by atoms with Gasteiger partial charge in [-0.2, -0.15) is 13.2 Å². The summed E-state index contributed by atoms with van der Waals surface area (Å²) in [5, 5.41) is 0. The van der Waals surface area contributed by atoms with Crippen LogP contribution in [0.25, 0.3) is 0 Å². The maximum absolute atomic E-state index is 11.7. The van der Waals surface area contributed by atoms with Crippen LogP contribution in [0.2, 0.25) is 0 Å². The van der Waals surface area contributed by atoms with Crippen molar-refractivity contribution in [3.8, 4) is 0 Å². The highest BCUT2D eigenvalue weighted by Gasteiger charge is 2.32. The van der Waals surface area contributed by atoms with Gasteiger partial charge in [0.05, 0.1) is 0 Å². The molecule has 1 radical (unpaired) electrons. The number of ketones is 1. The quantitative estimate of drug-likeness (QED) is 0.650. The number of rotatable bonds is 2. The number of carbonyl (C=O) groups excluding carboxylic acids is 1. The largest absolute Gasteiger partial charge is 0.400 e. The molecule has 0 fully saturated rings. The van der Waals surface area contributed by atoms with Gasteiger partial charge in [-0.15, -0.1) is 0 Å². The van der Waals surface area contributed by atoms with E-state index in [1.807, 2.05) is 0 Å². The number of hydrogen-bond acceptors (Lipinski definition) is 1. The molecule has 1 aromatic carbocycles. The third-order valence-corrected chi connectivity index (χ3v) is 1.35. The van der Waals surface area contributed by atoms with Crippen LogP contribution in [0.3, 0.4) is 0 Å². The van der Waals surface area contributed by atoms with Gasteiger partial charge in [0.25, 0.3) is 0 Å². The maximum Gasteiger partial charge on any atom is 0.400 e. The molecule has 69 valence electrons. The third kappa shape index (κ3) is 3.27. The topological polar surface area (TPSA) is 17.1 Å². The van der Waals surface area contributed by atoms with Gasteiger partial charge in [-0.1, -0.05) is 30.3 Å². The lowest BCUT2D eigenvalue weighted by molar-refractivity contribution is -0.0925. The minimum absolute atomic E-state index is 0.0415. The number of carbonyl (C=O) groups is 1. The molecule has 0 aromatic heterocycles. The number of benzene rings is 1. The summed E-state index contributed by atoms with van der Waals surface area (Å²) in [6.07, 6.45) is -4.80. The fourth-order valence-corrected chi connectivity index (χ4v) is 0.834. The number of Topliss-reactive ketones (excluding diaryl/α,β-unsaturated/α-hetero) is 1. The second-order valence-electron chi connectivity index (χ2n) is 2.42. The average molecular weight is 187 g/mol. The lowest BCUT2D eigenvalue weighted by atomic mass is 10.1. The maximum atomic E-state index is 11.7. The molecule has 0 heterocycles.